The molecule has 0 radical (unpaired) electrons. The lowest BCUT2D eigenvalue weighted by molar-refractivity contribution is 0.387. The highest BCUT2D eigenvalue weighted by atomic mass is 32.2. The molecule has 0 fully saturated rings. The molecule has 2 rings (SSSR count). The zero-order valence-corrected chi connectivity index (χ0v) is 12.1. The van der Waals surface area contributed by atoms with Gasteiger partial charge in [-0.1, -0.05) is 11.2 Å². The molecule has 1 aromatic carbocycles. The van der Waals surface area contributed by atoms with E-state index < -0.39 is 10.0 Å². The summed E-state index contributed by atoms with van der Waals surface area (Å²) in [6, 6.07) is 4.82. The highest BCUT2D eigenvalue weighted by molar-refractivity contribution is 7.89. The lowest BCUT2D eigenvalue weighted by Gasteiger charge is -2.08. The predicted octanol–water partition coefficient (Wildman–Crippen LogP) is 0.790. The summed E-state index contributed by atoms with van der Waals surface area (Å²) >= 11 is 0. The van der Waals surface area contributed by atoms with Crippen molar-refractivity contribution in [3.63, 3.8) is 0 Å². The van der Waals surface area contributed by atoms with Crippen LogP contribution < -0.4 is 10.5 Å². The van der Waals surface area contributed by atoms with Crippen LogP contribution in [0.3, 0.4) is 0 Å². The number of sulfonamides is 1. The molecule has 0 aliphatic carbocycles. The molecule has 7 nitrogen and oxygen atoms in total. The smallest absolute Gasteiger partial charge is 0.242 e. The molecule has 8 heteroatoms. The number of anilines is 1. The Labute approximate surface area is 117 Å². The van der Waals surface area contributed by atoms with Crippen LogP contribution >= 0.6 is 0 Å². The number of hydrogen-bond acceptors (Lipinski definition) is 6. The summed E-state index contributed by atoms with van der Waals surface area (Å²) in [4.78, 5) is 4.07. The van der Waals surface area contributed by atoms with Crippen molar-refractivity contribution in [1.82, 2.24) is 14.9 Å². The van der Waals surface area contributed by atoms with Crippen molar-refractivity contribution in [3.8, 4) is 0 Å². The summed E-state index contributed by atoms with van der Waals surface area (Å²) in [5.74, 6) is 0.910. The third kappa shape index (κ3) is 3.34. The van der Waals surface area contributed by atoms with Crippen molar-refractivity contribution in [3.05, 3.63) is 35.5 Å². The standard InChI is InChI=1S/C12H16N4O3S/c1-8-3-4-11(10(13)7-8)20(17,18)14-6-5-12-15-9(2)19-16-12/h3-4,7,14H,5-6,13H2,1-2H3. The summed E-state index contributed by atoms with van der Waals surface area (Å²) in [7, 11) is -3.63. The number of hydrogen-bond donors (Lipinski definition) is 2. The molecule has 1 aromatic heterocycles. The van der Waals surface area contributed by atoms with E-state index in [-0.39, 0.29) is 17.1 Å². The Morgan fingerprint density at radius 1 is 1.35 bits per heavy atom. The van der Waals surface area contributed by atoms with E-state index in [0.717, 1.165) is 5.56 Å². The van der Waals surface area contributed by atoms with Gasteiger partial charge in [-0.15, -0.1) is 0 Å². The van der Waals surface area contributed by atoms with Gasteiger partial charge in [-0.05, 0) is 24.6 Å². The quantitative estimate of drug-likeness (QED) is 0.789. The van der Waals surface area contributed by atoms with E-state index in [1.807, 2.05) is 6.92 Å². The molecule has 20 heavy (non-hydrogen) atoms. The minimum atomic E-state index is -3.63. The van der Waals surface area contributed by atoms with Crippen molar-refractivity contribution in [2.45, 2.75) is 25.2 Å². The summed E-state index contributed by atoms with van der Waals surface area (Å²) < 4.78 is 31.5. The molecule has 0 saturated carbocycles. The van der Waals surface area contributed by atoms with Gasteiger partial charge in [-0.3, -0.25) is 0 Å². The van der Waals surface area contributed by atoms with Gasteiger partial charge in [-0.2, -0.15) is 4.98 Å². The fraction of sp³-hybridized carbons (Fsp3) is 0.333. The van der Waals surface area contributed by atoms with Crippen LogP contribution in [-0.2, 0) is 16.4 Å². The normalized spacial score (nSPS) is 11.7. The fourth-order valence-electron chi connectivity index (χ4n) is 1.73. The van der Waals surface area contributed by atoms with Gasteiger partial charge in [0.05, 0.1) is 5.69 Å². The van der Waals surface area contributed by atoms with Crippen molar-refractivity contribution in [2.75, 3.05) is 12.3 Å². The first kappa shape index (κ1) is 14.5. The topological polar surface area (TPSA) is 111 Å². The number of nitrogen functional groups attached to an aromatic ring is 1. The Morgan fingerprint density at radius 2 is 2.10 bits per heavy atom. The summed E-state index contributed by atoms with van der Waals surface area (Å²) in [6.07, 6.45) is 0.350. The van der Waals surface area contributed by atoms with Gasteiger partial charge in [0, 0.05) is 19.9 Å². The predicted molar refractivity (Wildman–Crippen MR) is 73.5 cm³/mol. The van der Waals surface area contributed by atoms with E-state index >= 15 is 0 Å². The molecule has 1 heterocycles. The van der Waals surface area contributed by atoms with Crippen LogP contribution in [0.5, 0.6) is 0 Å². The van der Waals surface area contributed by atoms with E-state index in [1.54, 1.807) is 19.1 Å². The molecule has 0 amide bonds. The number of nitrogens with one attached hydrogen (secondary N) is 1. The Bertz CT molecular complexity index is 709. The van der Waals surface area contributed by atoms with Crippen LogP contribution in [0.4, 0.5) is 5.69 Å². The van der Waals surface area contributed by atoms with Crippen LogP contribution in [0, 0.1) is 13.8 Å². The van der Waals surface area contributed by atoms with Gasteiger partial charge >= 0.3 is 0 Å². The van der Waals surface area contributed by atoms with Crippen molar-refractivity contribution < 1.29 is 12.9 Å². The minimum absolute atomic E-state index is 0.0763. The molecule has 3 N–H and O–H groups in total. The number of nitrogens with two attached hydrogens (primary N) is 1. The first-order valence-electron chi connectivity index (χ1n) is 6.03. The SMILES string of the molecule is Cc1ccc(S(=O)(=O)NCCc2noc(C)n2)c(N)c1. The van der Waals surface area contributed by atoms with E-state index in [0.29, 0.717) is 18.1 Å². The second-order valence-corrected chi connectivity index (χ2v) is 6.15. The van der Waals surface area contributed by atoms with Crippen molar-refractivity contribution in [1.29, 1.82) is 0 Å². The Kier molecular flexibility index (Phi) is 4.05. The van der Waals surface area contributed by atoms with Crippen LogP contribution in [0.15, 0.2) is 27.6 Å². The van der Waals surface area contributed by atoms with Crippen LogP contribution in [-0.4, -0.2) is 25.1 Å². The maximum Gasteiger partial charge on any atom is 0.242 e. The van der Waals surface area contributed by atoms with Gasteiger partial charge in [0.2, 0.25) is 15.9 Å². The van der Waals surface area contributed by atoms with E-state index in [9.17, 15) is 8.42 Å². The Morgan fingerprint density at radius 3 is 2.70 bits per heavy atom. The molecule has 0 saturated heterocycles. The molecule has 0 unspecified atom stereocenters. The lowest BCUT2D eigenvalue weighted by atomic mass is 10.2. The second-order valence-electron chi connectivity index (χ2n) is 4.42. The van der Waals surface area contributed by atoms with Gasteiger partial charge in [0.25, 0.3) is 0 Å². The first-order valence-corrected chi connectivity index (χ1v) is 7.52. The van der Waals surface area contributed by atoms with Crippen molar-refractivity contribution >= 4 is 15.7 Å². The van der Waals surface area contributed by atoms with Gasteiger partial charge in [0.1, 0.15) is 4.90 Å². The maximum atomic E-state index is 12.1. The Balaban J connectivity index is 2.04. The van der Waals surface area contributed by atoms with E-state index in [2.05, 4.69) is 14.9 Å². The maximum absolute atomic E-state index is 12.1. The second kappa shape index (κ2) is 5.59. The molecular formula is C12H16N4O3S. The lowest BCUT2D eigenvalue weighted by Crippen LogP contribution is -2.27. The van der Waals surface area contributed by atoms with Crippen LogP contribution in [0.25, 0.3) is 0 Å². The first-order chi connectivity index (χ1) is 9.38. The molecule has 108 valence electrons. The summed E-state index contributed by atoms with van der Waals surface area (Å²) in [5.41, 5.74) is 6.87. The van der Waals surface area contributed by atoms with E-state index in [1.165, 1.54) is 6.07 Å². The van der Waals surface area contributed by atoms with Gasteiger partial charge < -0.3 is 10.3 Å². The average molecular weight is 296 g/mol. The average Bonchev–Trinajstić information content (AvgIpc) is 2.74. The van der Waals surface area contributed by atoms with E-state index in [4.69, 9.17) is 10.3 Å². The van der Waals surface area contributed by atoms with Gasteiger partial charge in [0.15, 0.2) is 5.82 Å². The molecule has 0 spiro atoms. The molecule has 0 aliphatic rings. The highest BCUT2D eigenvalue weighted by Gasteiger charge is 2.17. The largest absolute Gasteiger partial charge is 0.398 e. The molecule has 2 aromatic rings. The zero-order chi connectivity index (χ0) is 14.8. The number of aryl methyl sites for hydroxylation is 2. The number of benzene rings is 1. The fourth-order valence-corrected chi connectivity index (χ4v) is 2.87. The molecule has 0 aliphatic heterocycles. The molecule has 0 bridgehead atoms. The molecule has 0 atom stereocenters. The van der Waals surface area contributed by atoms with Gasteiger partial charge in [-0.25, -0.2) is 13.1 Å². The summed E-state index contributed by atoms with van der Waals surface area (Å²) in [6.45, 7) is 3.70. The molecular weight excluding hydrogens is 280 g/mol. The summed E-state index contributed by atoms with van der Waals surface area (Å²) in [5, 5.41) is 3.69. The van der Waals surface area contributed by atoms with Crippen LogP contribution in [0.2, 0.25) is 0 Å². The monoisotopic (exact) mass is 296 g/mol. The number of nitrogens with zero attached hydrogens (tertiary/aromatic N) is 2. The minimum Gasteiger partial charge on any atom is -0.398 e. The van der Waals surface area contributed by atoms with Crippen LogP contribution in [0.1, 0.15) is 17.3 Å². The number of aromatic nitrogens is 2. The number of rotatable bonds is 5. The highest BCUT2D eigenvalue weighted by Crippen LogP contribution is 2.19. The third-order valence-corrected chi connectivity index (χ3v) is 4.20. The third-order valence-electron chi connectivity index (χ3n) is 2.67. The zero-order valence-electron chi connectivity index (χ0n) is 11.3. The van der Waals surface area contributed by atoms with Crippen molar-refractivity contribution in [2.24, 2.45) is 0 Å². The Hall–Kier alpha value is -1.93.